The van der Waals surface area contributed by atoms with Crippen molar-refractivity contribution >= 4 is 23.4 Å². The number of amides is 3. The monoisotopic (exact) mass is 398 g/mol. The van der Waals surface area contributed by atoms with Crippen molar-refractivity contribution in [2.24, 2.45) is 0 Å². The molecule has 11 heteroatoms. The molecular formula is C17H21F3N6O2. The van der Waals surface area contributed by atoms with Crippen molar-refractivity contribution in [1.29, 1.82) is 0 Å². The topological polar surface area (TPSA) is 82.8 Å². The first-order chi connectivity index (χ1) is 13.0. The number of urea groups is 1. The molecule has 1 atom stereocenters. The summed E-state index contributed by atoms with van der Waals surface area (Å²) in [4.78, 5) is 32.5. The van der Waals surface area contributed by atoms with Gasteiger partial charge in [0.1, 0.15) is 17.4 Å². The highest BCUT2D eigenvalue weighted by atomic mass is 19.4. The van der Waals surface area contributed by atoms with Crippen molar-refractivity contribution in [3.8, 4) is 0 Å². The quantitative estimate of drug-likeness (QED) is 0.857. The number of nitrogens with zero attached hydrogens (tertiary/aromatic N) is 5. The third kappa shape index (κ3) is 3.48. The van der Waals surface area contributed by atoms with Crippen LogP contribution in [-0.4, -0.2) is 62.8 Å². The van der Waals surface area contributed by atoms with Crippen LogP contribution >= 0.6 is 0 Å². The highest BCUT2D eigenvalue weighted by molar-refractivity contribution is 6.00. The van der Waals surface area contributed by atoms with Gasteiger partial charge in [-0.1, -0.05) is 0 Å². The molecule has 0 aromatic carbocycles. The second-order valence-corrected chi connectivity index (χ2v) is 7.01. The number of halogens is 3. The van der Waals surface area contributed by atoms with Gasteiger partial charge in [-0.2, -0.15) is 18.3 Å². The molecule has 28 heavy (non-hydrogen) atoms. The molecule has 0 aliphatic carbocycles. The van der Waals surface area contributed by atoms with Crippen LogP contribution in [0, 0.1) is 6.92 Å². The fraction of sp³-hybridized carbons (Fsp3) is 0.529. The number of aryl methyl sites for hydroxylation is 1. The van der Waals surface area contributed by atoms with Crippen LogP contribution in [0.15, 0.2) is 12.3 Å². The van der Waals surface area contributed by atoms with Crippen LogP contribution in [0.25, 0.3) is 5.65 Å². The fourth-order valence-corrected chi connectivity index (χ4v) is 3.00. The van der Waals surface area contributed by atoms with Gasteiger partial charge in [0.05, 0.1) is 6.20 Å². The summed E-state index contributed by atoms with van der Waals surface area (Å²) in [6, 6.07) is -0.536. The van der Waals surface area contributed by atoms with E-state index in [9.17, 15) is 22.8 Å². The van der Waals surface area contributed by atoms with Gasteiger partial charge >= 0.3 is 12.2 Å². The zero-order valence-electron chi connectivity index (χ0n) is 15.9. The van der Waals surface area contributed by atoms with E-state index in [1.807, 2.05) is 19.2 Å². The van der Waals surface area contributed by atoms with E-state index in [4.69, 9.17) is 0 Å². The Morgan fingerprint density at radius 2 is 1.93 bits per heavy atom. The number of carbonyl (C=O) groups is 2. The van der Waals surface area contributed by atoms with Gasteiger partial charge in [-0.25, -0.2) is 14.3 Å². The first-order valence-corrected chi connectivity index (χ1v) is 8.81. The number of anilines is 1. The SMILES string of the molecule is Cc1cc(N2CCN(C(C)C)C2=O)nc2c(C(=O)NC(C)C(F)(F)F)cnn12. The van der Waals surface area contributed by atoms with Gasteiger partial charge in [0, 0.05) is 30.9 Å². The Kier molecular flexibility index (Phi) is 4.94. The number of aromatic nitrogens is 3. The molecule has 1 N–H and O–H groups in total. The number of hydrogen-bond acceptors (Lipinski definition) is 4. The zero-order chi connectivity index (χ0) is 20.8. The van der Waals surface area contributed by atoms with E-state index in [2.05, 4.69) is 10.1 Å². The maximum atomic E-state index is 12.7. The molecule has 3 amide bonds. The summed E-state index contributed by atoms with van der Waals surface area (Å²) >= 11 is 0. The zero-order valence-corrected chi connectivity index (χ0v) is 15.9. The van der Waals surface area contributed by atoms with Gasteiger partial charge in [0.25, 0.3) is 5.91 Å². The van der Waals surface area contributed by atoms with Gasteiger partial charge in [-0.3, -0.25) is 9.69 Å². The van der Waals surface area contributed by atoms with Gasteiger partial charge in [0.2, 0.25) is 0 Å². The van der Waals surface area contributed by atoms with Crippen LogP contribution < -0.4 is 10.2 Å². The van der Waals surface area contributed by atoms with Gasteiger partial charge in [0.15, 0.2) is 5.65 Å². The van der Waals surface area contributed by atoms with Crippen LogP contribution in [0.2, 0.25) is 0 Å². The lowest BCUT2D eigenvalue weighted by Crippen LogP contribution is -2.43. The summed E-state index contributed by atoms with van der Waals surface area (Å²) in [5.74, 6) is -0.600. The van der Waals surface area contributed by atoms with E-state index in [0.717, 1.165) is 6.92 Å². The number of alkyl halides is 3. The van der Waals surface area contributed by atoms with Crippen LogP contribution in [0.4, 0.5) is 23.8 Å². The van der Waals surface area contributed by atoms with Crippen molar-refractivity contribution in [1.82, 2.24) is 24.8 Å². The number of rotatable bonds is 4. The predicted octanol–water partition coefficient (Wildman–Crippen LogP) is 2.37. The van der Waals surface area contributed by atoms with E-state index in [0.29, 0.717) is 24.6 Å². The summed E-state index contributed by atoms with van der Waals surface area (Å²) in [5, 5.41) is 5.94. The third-order valence-electron chi connectivity index (χ3n) is 4.66. The molecule has 3 rings (SSSR count). The van der Waals surface area contributed by atoms with Crippen LogP contribution in [0.5, 0.6) is 0 Å². The maximum Gasteiger partial charge on any atom is 0.408 e. The minimum absolute atomic E-state index is 0.0301. The van der Waals surface area contributed by atoms with Gasteiger partial charge < -0.3 is 10.2 Å². The Morgan fingerprint density at radius 1 is 1.25 bits per heavy atom. The van der Waals surface area contributed by atoms with Gasteiger partial charge in [-0.15, -0.1) is 0 Å². The predicted molar refractivity (Wildman–Crippen MR) is 95.3 cm³/mol. The van der Waals surface area contributed by atoms with E-state index < -0.39 is 18.1 Å². The van der Waals surface area contributed by atoms with E-state index in [1.54, 1.807) is 17.9 Å². The minimum Gasteiger partial charge on any atom is -0.340 e. The van der Waals surface area contributed by atoms with Crippen LogP contribution in [0.1, 0.15) is 36.8 Å². The first kappa shape index (κ1) is 19.9. The Hall–Kier alpha value is -2.85. The lowest BCUT2D eigenvalue weighted by molar-refractivity contribution is -0.149. The normalized spacial score (nSPS) is 16.4. The van der Waals surface area contributed by atoms with Crippen molar-refractivity contribution < 1.29 is 22.8 Å². The largest absolute Gasteiger partial charge is 0.408 e. The van der Waals surface area contributed by atoms with Crippen LogP contribution in [-0.2, 0) is 0 Å². The van der Waals surface area contributed by atoms with Crippen LogP contribution in [0.3, 0.4) is 0 Å². The Balaban J connectivity index is 1.96. The van der Waals surface area contributed by atoms with Gasteiger partial charge in [-0.05, 0) is 27.7 Å². The second-order valence-electron chi connectivity index (χ2n) is 7.01. The molecule has 1 saturated heterocycles. The minimum atomic E-state index is -4.56. The fourth-order valence-electron chi connectivity index (χ4n) is 3.00. The molecule has 1 fully saturated rings. The van der Waals surface area contributed by atoms with E-state index in [1.165, 1.54) is 15.6 Å². The second kappa shape index (κ2) is 6.95. The van der Waals surface area contributed by atoms with E-state index in [-0.39, 0.29) is 23.3 Å². The lowest BCUT2D eigenvalue weighted by Gasteiger charge is -2.21. The number of fused-ring (bicyclic) bond motifs is 1. The summed E-state index contributed by atoms with van der Waals surface area (Å²) < 4.78 is 39.6. The van der Waals surface area contributed by atoms with Crippen molar-refractivity contribution in [3.63, 3.8) is 0 Å². The molecule has 0 saturated carbocycles. The van der Waals surface area contributed by atoms with Crippen molar-refractivity contribution in [2.45, 2.75) is 46.0 Å². The molecule has 0 bridgehead atoms. The molecule has 0 radical (unpaired) electrons. The number of hydrogen-bond donors (Lipinski definition) is 1. The molecule has 152 valence electrons. The lowest BCUT2D eigenvalue weighted by atomic mass is 10.2. The first-order valence-electron chi connectivity index (χ1n) is 8.81. The summed E-state index contributed by atoms with van der Waals surface area (Å²) in [7, 11) is 0. The molecule has 3 heterocycles. The Labute approximate surface area is 159 Å². The average Bonchev–Trinajstić information content (AvgIpc) is 3.17. The number of nitrogens with one attached hydrogen (secondary N) is 1. The molecule has 2 aromatic heterocycles. The average molecular weight is 398 g/mol. The van der Waals surface area contributed by atoms with E-state index >= 15 is 0 Å². The van der Waals surface area contributed by atoms with Crippen molar-refractivity contribution in [3.05, 3.63) is 23.5 Å². The summed E-state index contributed by atoms with van der Waals surface area (Å²) in [6.45, 7) is 7.36. The molecule has 2 aromatic rings. The number of carbonyl (C=O) groups excluding carboxylic acids is 2. The Morgan fingerprint density at radius 3 is 2.50 bits per heavy atom. The summed E-state index contributed by atoms with van der Waals surface area (Å²) in [6.07, 6.45) is -3.39. The highest BCUT2D eigenvalue weighted by Crippen LogP contribution is 2.24. The molecule has 1 unspecified atom stereocenters. The third-order valence-corrected chi connectivity index (χ3v) is 4.66. The maximum absolute atomic E-state index is 12.7. The standard InChI is InChI=1S/C17H21F3N6O2/c1-9(2)24-5-6-25(16(24)28)13-7-10(3)26-14(23-13)12(8-21-26)15(27)22-11(4)17(18,19)20/h7-9,11H,5-6H2,1-4H3,(H,22,27). The molecule has 1 aliphatic rings. The molecular weight excluding hydrogens is 377 g/mol. The molecule has 1 aliphatic heterocycles. The van der Waals surface area contributed by atoms with Crippen molar-refractivity contribution in [2.75, 3.05) is 18.0 Å². The smallest absolute Gasteiger partial charge is 0.340 e. The molecule has 8 nitrogen and oxygen atoms in total. The molecule has 0 spiro atoms. The Bertz CT molecular complexity index is 923. The summed E-state index contributed by atoms with van der Waals surface area (Å²) in [5.41, 5.74) is 0.602. The highest BCUT2D eigenvalue weighted by Gasteiger charge is 2.38.